The van der Waals surface area contributed by atoms with Crippen LogP contribution in [0.4, 0.5) is 16.5 Å². The Morgan fingerprint density at radius 1 is 1.04 bits per heavy atom. The van der Waals surface area contributed by atoms with E-state index in [4.69, 9.17) is 9.47 Å². The molecule has 2 aromatic carbocycles. The Hall–Kier alpha value is -3.06. The summed E-state index contributed by atoms with van der Waals surface area (Å²) in [7, 11) is 3.17. The molecule has 1 amide bonds. The molecule has 0 bridgehead atoms. The van der Waals surface area contributed by atoms with Gasteiger partial charge in [-0.25, -0.2) is 4.98 Å². The van der Waals surface area contributed by atoms with Crippen molar-refractivity contribution >= 4 is 33.8 Å². The molecule has 0 unspecified atom stereocenters. The number of thiazole rings is 1. The first kappa shape index (κ1) is 18.7. The van der Waals surface area contributed by atoms with Crippen LogP contribution < -0.4 is 20.1 Å². The molecule has 6 nitrogen and oxygen atoms in total. The number of carbonyl (C=O) groups is 1. The molecule has 140 valence electrons. The van der Waals surface area contributed by atoms with Gasteiger partial charge in [0, 0.05) is 22.8 Å². The van der Waals surface area contributed by atoms with Crippen molar-refractivity contribution in [2.75, 3.05) is 24.9 Å². The summed E-state index contributed by atoms with van der Waals surface area (Å²) < 4.78 is 10.5. The Kier molecular flexibility index (Phi) is 5.61. The third-order valence-corrected chi connectivity index (χ3v) is 4.76. The molecule has 27 heavy (non-hydrogen) atoms. The molecule has 1 heterocycles. The number of amides is 1. The second-order valence-electron chi connectivity index (χ2n) is 6.01. The second-order valence-corrected chi connectivity index (χ2v) is 6.86. The molecule has 0 spiro atoms. The molecule has 2 N–H and O–H groups in total. The molecule has 0 aliphatic carbocycles. The lowest BCUT2D eigenvalue weighted by molar-refractivity contribution is 0.102. The highest BCUT2D eigenvalue weighted by molar-refractivity contribution is 7.14. The Labute approximate surface area is 162 Å². The van der Waals surface area contributed by atoms with Crippen molar-refractivity contribution in [3.05, 3.63) is 58.6 Å². The Morgan fingerprint density at radius 3 is 2.52 bits per heavy atom. The number of nitrogens with zero attached hydrogens (tertiary/aromatic N) is 1. The molecule has 0 aliphatic rings. The maximum absolute atomic E-state index is 12.5. The van der Waals surface area contributed by atoms with Crippen LogP contribution in [-0.2, 0) is 0 Å². The van der Waals surface area contributed by atoms with Crippen LogP contribution in [0.15, 0.2) is 41.8 Å². The summed E-state index contributed by atoms with van der Waals surface area (Å²) >= 11 is 1.36. The Morgan fingerprint density at radius 2 is 1.81 bits per heavy atom. The van der Waals surface area contributed by atoms with Crippen molar-refractivity contribution in [3.8, 4) is 11.5 Å². The van der Waals surface area contributed by atoms with Crippen LogP contribution in [-0.4, -0.2) is 25.1 Å². The summed E-state index contributed by atoms with van der Waals surface area (Å²) in [4.78, 5) is 16.8. The highest BCUT2D eigenvalue weighted by Crippen LogP contribution is 2.31. The van der Waals surface area contributed by atoms with Crippen molar-refractivity contribution in [2.45, 2.75) is 13.8 Å². The van der Waals surface area contributed by atoms with E-state index >= 15 is 0 Å². The number of hydrogen-bond acceptors (Lipinski definition) is 6. The summed E-state index contributed by atoms with van der Waals surface area (Å²) in [5.74, 6) is 1.03. The van der Waals surface area contributed by atoms with Crippen molar-refractivity contribution in [1.82, 2.24) is 4.98 Å². The van der Waals surface area contributed by atoms with Gasteiger partial charge in [-0.2, -0.15) is 0 Å². The summed E-state index contributed by atoms with van der Waals surface area (Å²) in [5.41, 5.74) is 4.11. The molecular weight excluding hydrogens is 362 g/mol. The number of nitrogens with one attached hydrogen (secondary N) is 2. The van der Waals surface area contributed by atoms with Crippen LogP contribution in [0.3, 0.4) is 0 Å². The van der Waals surface area contributed by atoms with Gasteiger partial charge in [0.05, 0.1) is 14.2 Å². The number of benzene rings is 2. The van der Waals surface area contributed by atoms with Crippen molar-refractivity contribution < 1.29 is 14.3 Å². The number of aryl methyl sites for hydroxylation is 2. The highest BCUT2D eigenvalue weighted by atomic mass is 32.1. The van der Waals surface area contributed by atoms with Gasteiger partial charge in [0.2, 0.25) is 0 Å². The summed E-state index contributed by atoms with van der Waals surface area (Å²) in [6, 6.07) is 11.4. The van der Waals surface area contributed by atoms with E-state index in [0.717, 1.165) is 22.5 Å². The van der Waals surface area contributed by atoms with E-state index in [1.807, 2.05) is 50.2 Å². The van der Waals surface area contributed by atoms with Crippen LogP contribution in [0.25, 0.3) is 0 Å². The topological polar surface area (TPSA) is 72.5 Å². The number of methoxy groups -OCH3 is 2. The average Bonchev–Trinajstić information content (AvgIpc) is 3.12. The molecule has 3 rings (SSSR count). The van der Waals surface area contributed by atoms with Crippen molar-refractivity contribution in [2.24, 2.45) is 0 Å². The lowest BCUT2D eigenvalue weighted by atomic mass is 10.1. The number of ether oxygens (including phenoxy) is 2. The van der Waals surface area contributed by atoms with E-state index < -0.39 is 0 Å². The molecule has 0 aliphatic heterocycles. The van der Waals surface area contributed by atoms with Crippen molar-refractivity contribution in [3.63, 3.8) is 0 Å². The normalized spacial score (nSPS) is 10.4. The highest BCUT2D eigenvalue weighted by Gasteiger charge is 2.13. The molecule has 0 radical (unpaired) electrons. The van der Waals surface area contributed by atoms with Crippen LogP contribution in [0.2, 0.25) is 0 Å². The average molecular weight is 383 g/mol. The van der Waals surface area contributed by atoms with Gasteiger partial charge < -0.3 is 20.1 Å². The molecule has 0 atom stereocenters. The first-order valence-corrected chi connectivity index (χ1v) is 9.21. The fourth-order valence-corrected chi connectivity index (χ4v) is 3.32. The van der Waals surface area contributed by atoms with E-state index in [9.17, 15) is 4.79 Å². The SMILES string of the molecule is COc1ccc(Nc2nc(C(=O)Nc3ccc(C)cc3C)cs2)cc1OC. The predicted molar refractivity (Wildman–Crippen MR) is 109 cm³/mol. The molecular formula is C20H21N3O3S. The summed E-state index contributed by atoms with van der Waals surface area (Å²) in [5, 5.41) is 8.43. The number of rotatable bonds is 6. The van der Waals surface area contributed by atoms with Crippen molar-refractivity contribution in [1.29, 1.82) is 0 Å². The largest absolute Gasteiger partial charge is 0.493 e. The third-order valence-electron chi connectivity index (χ3n) is 4.00. The minimum Gasteiger partial charge on any atom is -0.493 e. The molecule has 0 saturated carbocycles. The van der Waals surface area contributed by atoms with Gasteiger partial charge in [0.1, 0.15) is 5.69 Å². The van der Waals surface area contributed by atoms with E-state index in [-0.39, 0.29) is 5.91 Å². The lowest BCUT2D eigenvalue weighted by Crippen LogP contribution is -2.13. The third kappa shape index (κ3) is 4.38. The lowest BCUT2D eigenvalue weighted by Gasteiger charge is -2.10. The minimum atomic E-state index is -0.237. The van der Waals surface area contributed by atoms with E-state index in [2.05, 4.69) is 15.6 Å². The first-order chi connectivity index (χ1) is 13.0. The van der Waals surface area contributed by atoms with Gasteiger partial charge in [0.25, 0.3) is 5.91 Å². The number of hydrogen-bond donors (Lipinski definition) is 2. The van der Waals surface area contributed by atoms with Gasteiger partial charge in [0.15, 0.2) is 16.6 Å². The van der Waals surface area contributed by atoms with Crippen LogP contribution in [0.5, 0.6) is 11.5 Å². The maximum atomic E-state index is 12.5. The van der Waals surface area contributed by atoms with E-state index in [1.54, 1.807) is 19.6 Å². The standard InChI is InChI=1S/C20H21N3O3S/c1-12-5-7-15(13(2)9-12)22-19(24)16-11-27-20(23-16)21-14-6-8-17(25-3)18(10-14)26-4/h5-11H,1-4H3,(H,21,23)(H,22,24). The van der Waals surface area contributed by atoms with Crippen LogP contribution in [0.1, 0.15) is 21.6 Å². The Balaban J connectivity index is 1.71. The fraction of sp³-hybridized carbons (Fsp3) is 0.200. The monoisotopic (exact) mass is 383 g/mol. The molecule has 1 aromatic heterocycles. The van der Waals surface area contributed by atoms with Crippen LogP contribution in [0, 0.1) is 13.8 Å². The summed E-state index contributed by atoms with van der Waals surface area (Å²) in [6.45, 7) is 3.98. The number of aromatic nitrogens is 1. The quantitative estimate of drug-likeness (QED) is 0.641. The smallest absolute Gasteiger partial charge is 0.275 e. The molecule has 0 fully saturated rings. The molecule has 3 aromatic rings. The fourth-order valence-electron chi connectivity index (χ4n) is 2.61. The van der Waals surface area contributed by atoms with Gasteiger partial charge >= 0.3 is 0 Å². The maximum Gasteiger partial charge on any atom is 0.275 e. The van der Waals surface area contributed by atoms with E-state index in [0.29, 0.717) is 22.3 Å². The first-order valence-electron chi connectivity index (χ1n) is 8.33. The predicted octanol–water partition coefficient (Wildman–Crippen LogP) is 4.77. The van der Waals surface area contributed by atoms with Gasteiger partial charge in [-0.1, -0.05) is 17.7 Å². The van der Waals surface area contributed by atoms with Gasteiger partial charge in [-0.3, -0.25) is 4.79 Å². The van der Waals surface area contributed by atoms with Gasteiger partial charge in [-0.05, 0) is 37.6 Å². The number of carbonyl (C=O) groups excluding carboxylic acids is 1. The molecule has 7 heteroatoms. The number of anilines is 3. The summed E-state index contributed by atoms with van der Waals surface area (Å²) in [6.07, 6.45) is 0. The Bertz CT molecular complexity index is 969. The van der Waals surface area contributed by atoms with Crippen LogP contribution >= 0.6 is 11.3 Å². The molecule has 0 saturated heterocycles. The zero-order valence-electron chi connectivity index (χ0n) is 15.6. The van der Waals surface area contributed by atoms with E-state index in [1.165, 1.54) is 11.3 Å². The minimum absolute atomic E-state index is 0.237. The zero-order chi connectivity index (χ0) is 19.4. The van der Waals surface area contributed by atoms with Gasteiger partial charge in [-0.15, -0.1) is 11.3 Å². The zero-order valence-corrected chi connectivity index (χ0v) is 16.4. The second kappa shape index (κ2) is 8.09.